The van der Waals surface area contributed by atoms with Gasteiger partial charge in [-0.05, 0) is 38.6 Å². The molecule has 1 rings (SSSR count). The highest BCUT2D eigenvalue weighted by Gasteiger charge is 2.37. The number of nitrogens with one attached hydrogen (secondary N) is 2. The highest BCUT2D eigenvalue weighted by molar-refractivity contribution is 5.94. The van der Waals surface area contributed by atoms with Crippen LogP contribution in [-0.2, 0) is 19.2 Å². The van der Waals surface area contributed by atoms with Gasteiger partial charge in [-0.1, -0.05) is 0 Å². The van der Waals surface area contributed by atoms with Crippen LogP contribution in [0.25, 0.3) is 0 Å². The van der Waals surface area contributed by atoms with Gasteiger partial charge in [-0.3, -0.25) is 14.4 Å². The zero-order valence-electron chi connectivity index (χ0n) is 16.2. The van der Waals surface area contributed by atoms with Crippen LogP contribution in [0.2, 0.25) is 0 Å². The molecule has 9 N–H and O–H groups in total. The molecule has 0 spiro atoms. The van der Waals surface area contributed by atoms with Crippen LogP contribution in [0, 0.1) is 0 Å². The van der Waals surface area contributed by atoms with Gasteiger partial charge in [-0.2, -0.15) is 0 Å². The molecule has 1 fully saturated rings. The predicted molar refractivity (Wildman–Crippen MR) is 101 cm³/mol. The number of aliphatic hydroxyl groups is 2. The average molecular weight is 417 g/mol. The smallest absolute Gasteiger partial charge is 0.328 e. The van der Waals surface area contributed by atoms with Gasteiger partial charge in [0, 0.05) is 6.54 Å². The largest absolute Gasteiger partial charge is 0.480 e. The highest BCUT2D eigenvalue weighted by atomic mass is 16.4. The molecule has 166 valence electrons. The fraction of sp³-hybridized carbons (Fsp3) is 0.765. The molecule has 1 heterocycles. The summed E-state index contributed by atoms with van der Waals surface area (Å²) >= 11 is 0. The lowest BCUT2D eigenvalue weighted by molar-refractivity contribution is -0.144. The summed E-state index contributed by atoms with van der Waals surface area (Å²) in [6.45, 7) is -0.652. The molecule has 0 saturated carbocycles. The van der Waals surface area contributed by atoms with Gasteiger partial charge >= 0.3 is 5.97 Å². The van der Waals surface area contributed by atoms with Crippen LogP contribution in [0.5, 0.6) is 0 Å². The molecule has 0 unspecified atom stereocenters. The second kappa shape index (κ2) is 12.3. The Hall–Kier alpha value is -2.28. The minimum absolute atomic E-state index is 0.212. The van der Waals surface area contributed by atoms with Crippen LogP contribution in [0.4, 0.5) is 0 Å². The molecule has 0 bridgehead atoms. The Morgan fingerprint density at radius 2 is 1.76 bits per heavy atom. The Labute approximate surface area is 168 Å². The van der Waals surface area contributed by atoms with Gasteiger partial charge in [0.2, 0.25) is 17.7 Å². The Kier molecular flexibility index (Phi) is 10.5. The van der Waals surface area contributed by atoms with Crippen molar-refractivity contribution in [3.8, 4) is 0 Å². The van der Waals surface area contributed by atoms with E-state index in [0.29, 0.717) is 38.8 Å². The summed E-state index contributed by atoms with van der Waals surface area (Å²) in [7, 11) is 0. The standard InChI is InChI=1S/C17H31N5O7/c18-6-2-1-4-11(14(25)21-12(9-24)17(28)29)20-15(26)13-5-3-7-22(13)16(27)10(19)8-23/h10-13,23-24H,1-9,18-19H2,(H,20,26)(H,21,25)(H,28,29)/t10-,11-,12-,13-/m0/s1. The minimum atomic E-state index is -1.50. The first-order valence-corrected chi connectivity index (χ1v) is 9.58. The number of nitrogens with zero attached hydrogens (tertiary/aromatic N) is 1. The molecule has 12 nitrogen and oxygen atoms in total. The predicted octanol–water partition coefficient (Wildman–Crippen LogP) is -3.53. The second-order valence-electron chi connectivity index (χ2n) is 6.91. The summed E-state index contributed by atoms with van der Waals surface area (Å²) in [6, 6.07) is -4.51. The second-order valence-corrected chi connectivity index (χ2v) is 6.91. The molecule has 0 radical (unpaired) electrons. The fourth-order valence-corrected chi connectivity index (χ4v) is 3.08. The molecule has 1 saturated heterocycles. The van der Waals surface area contributed by atoms with Crippen LogP contribution in [0.15, 0.2) is 0 Å². The topological polar surface area (TPSA) is 208 Å². The van der Waals surface area contributed by atoms with Crippen LogP contribution in [-0.4, -0.2) is 94.4 Å². The number of amides is 3. The molecule has 3 amide bonds. The van der Waals surface area contributed by atoms with E-state index in [2.05, 4.69) is 10.6 Å². The van der Waals surface area contributed by atoms with Gasteiger partial charge in [0.05, 0.1) is 13.2 Å². The van der Waals surface area contributed by atoms with Gasteiger partial charge in [-0.25, -0.2) is 4.79 Å². The van der Waals surface area contributed by atoms with Crippen molar-refractivity contribution in [2.75, 3.05) is 26.3 Å². The number of hydrogen-bond acceptors (Lipinski definition) is 8. The number of rotatable bonds is 12. The average Bonchev–Trinajstić information content (AvgIpc) is 3.19. The highest BCUT2D eigenvalue weighted by Crippen LogP contribution is 2.19. The van der Waals surface area contributed by atoms with Gasteiger partial charge in [0.25, 0.3) is 0 Å². The van der Waals surface area contributed by atoms with Crippen molar-refractivity contribution in [2.24, 2.45) is 11.5 Å². The quantitative estimate of drug-likeness (QED) is 0.157. The first-order chi connectivity index (χ1) is 13.8. The lowest BCUT2D eigenvalue weighted by atomic mass is 10.1. The number of hydrogen-bond donors (Lipinski definition) is 7. The van der Waals surface area contributed by atoms with Gasteiger partial charge in [0.1, 0.15) is 24.2 Å². The summed E-state index contributed by atoms with van der Waals surface area (Å²) in [5.74, 6) is -3.27. The zero-order chi connectivity index (χ0) is 22.0. The van der Waals surface area contributed by atoms with E-state index in [1.54, 1.807) is 0 Å². The van der Waals surface area contributed by atoms with Crippen molar-refractivity contribution in [1.29, 1.82) is 0 Å². The Morgan fingerprint density at radius 1 is 1.07 bits per heavy atom. The normalized spacial score (nSPS) is 19.3. The lowest BCUT2D eigenvalue weighted by Crippen LogP contribution is -2.57. The van der Waals surface area contributed by atoms with Crippen LogP contribution < -0.4 is 22.1 Å². The van der Waals surface area contributed by atoms with E-state index in [4.69, 9.17) is 26.8 Å². The van der Waals surface area contributed by atoms with Crippen LogP contribution >= 0.6 is 0 Å². The van der Waals surface area contributed by atoms with E-state index in [0.717, 1.165) is 0 Å². The Bertz CT molecular complexity index is 589. The van der Waals surface area contributed by atoms with Crippen LogP contribution in [0.1, 0.15) is 32.1 Å². The molecule has 29 heavy (non-hydrogen) atoms. The molecule has 1 aliphatic heterocycles. The molecule has 4 atom stereocenters. The Morgan fingerprint density at radius 3 is 2.31 bits per heavy atom. The molecule has 0 aromatic rings. The molecular weight excluding hydrogens is 386 g/mol. The number of aliphatic hydroxyl groups excluding tert-OH is 2. The van der Waals surface area contributed by atoms with Crippen molar-refractivity contribution in [3.05, 3.63) is 0 Å². The van der Waals surface area contributed by atoms with Crippen LogP contribution in [0.3, 0.4) is 0 Å². The van der Waals surface area contributed by atoms with Crippen molar-refractivity contribution < 1.29 is 34.5 Å². The van der Waals surface area contributed by atoms with E-state index in [9.17, 15) is 19.2 Å². The maximum Gasteiger partial charge on any atom is 0.328 e. The van der Waals surface area contributed by atoms with E-state index in [1.807, 2.05) is 0 Å². The minimum Gasteiger partial charge on any atom is -0.480 e. The number of carboxylic acids is 1. The van der Waals surface area contributed by atoms with Gasteiger partial charge < -0.3 is 42.3 Å². The maximum atomic E-state index is 12.7. The zero-order valence-corrected chi connectivity index (χ0v) is 16.2. The maximum absolute atomic E-state index is 12.7. The molecule has 12 heteroatoms. The SMILES string of the molecule is NCCCC[C@H](NC(=O)[C@@H]1CCCN1C(=O)[C@@H](N)CO)C(=O)N[C@@H](CO)C(=O)O. The summed E-state index contributed by atoms with van der Waals surface area (Å²) in [5.41, 5.74) is 11.0. The molecule has 0 aliphatic carbocycles. The third kappa shape index (κ3) is 7.24. The summed E-state index contributed by atoms with van der Waals surface area (Å²) in [6.07, 6.45) is 2.26. The number of unbranched alkanes of at least 4 members (excludes halogenated alkanes) is 1. The van der Waals surface area contributed by atoms with Crippen molar-refractivity contribution in [2.45, 2.75) is 56.3 Å². The van der Waals surface area contributed by atoms with E-state index < -0.39 is 61.1 Å². The number of carbonyl (C=O) groups excluding carboxylic acids is 3. The van der Waals surface area contributed by atoms with E-state index in [1.165, 1.54) is 4.90 Å². The number of likely N-dealkylation sites (tertiary alicyclic amines) is 1. The Balaban J connectivity index is 2.85. The molecule has 1 aliphatic rings. The lowest BCUT2D eigenvalue weighted by Gasteiger charge is -2.28. The summed E-state index contributed by atoms with van der Waals surface area (Å²) < 4.78 is 0. The molecule has 0 aromatic heterocycles. The number of aliphatic carboxylic acids is 1. The summed E-state index contributed by atoms with van der Waals surface area (Å²) in [4.78, 5) is 49.8. The molecular formula is C17H31N5O7. The van der Waals surface area contributed by atoms with Gasteiger partial charge in [0.15, 0.2) is 0 Å². The molecule has 0 aromatic carbocycles. The van der Waals surface area contributed by atoms with Crippen molar-refractivity contribution in [3.63, 3.8) is 0 Å². The number of carbonyl (C=O) groups is 4. The third-order valence-electron chi connectivity index (χ3n) is 4.73. The number of nitrogens with two attached hydrogens (primary N) is 2. The van der Waals surface area contributed by atoms with Gasteiger partial charge in [-0.15, -0.1) is 0 Å². The fourth-order valence-electron chi connectivity index (χ4n) is 3.08. The van der Waals surface area contributed by atoms with Crippen molar-refractivity contribution >= 4 is 23.7 Å². The summed E-state index contributed by atoms with van der Waals surface area (Å²) in [5, 5.41) is 31.9. The van der Waals surface area contributed by atoms with E-state index >= 15 is 0 Å². The third-order valence-corrected chi connectivity index (χ3v) is 4.73. The first kappa shape index (κ1) is 24.8. The first-order valence-electron chi connectivity index (χ1n) is 9.58. The number of carboxylic acid groups (broad SMARTS) is 1. The van der Waals surface area contributed by atoms with Crippen molar-refractivity contribution in [1.82, 2.24) is 15.5 Å². The van der Waals surface area contributed by atoms with E-state index in [-0.39, 0.29) is 6.42 Å². The monoisotopic (exact) mass is 417 g/mol.